The summed E-state index contributed by atoms with van der Waals surface area (Å²) in [6.07, 6.45) is 0.946. The molecule has 0 atom stereocenters. The summed E-state index contributed by atoms with van der Waals surface area (Å²) in [7, 11) is 1.94. The molecular formula is C14H16FN3O2. The van der Waals surface area contributed by atoms with E-state index in [9.17, 15) is 19.6 Å². The number of carbonyl (C=O) groups is 1. The first kappa shape index (κ1) is 14.3. The van der Waals surface area contributed by atoms with Crippen molar-refractivity contribution in [2.24, 2.45) is 0 Å². The summed E-state index contributed by atoms with van der Waals surface area (Å²) in [6.45, 7) is 1.36. The molecule has 0 aliphatic carbocycles. The SMILES string of the molecule is CN1CCC(C#N)(NC(=O)c2c(O)cccc2F)CC1. The number of rotatable bonds is 2. The molecule has 1 heterocycles. The van der Waals surface area contributed by atoms with Crippen molar-refractivity contribution in [3.8, 4) is 11.8 Å². The van der Waals surface area contributed by atoms with Gasteiger partial charge in [0, 0.05) is 13.1 Å². The van der Waals surface area contributed by atoms with Gasteiger partial charge in [-0.3, -0.25) is 4.79 Å². The number of carbonyl (C=O) groups excluding carboxylic acids is 1. The van der Waals surface area contributed by atoms with Crippen molar-refractivity contribution in [1.82, 2.24) is 10.2 Å². The van der Waals surface area contributed by atoms with E-state index in [1.807, 2.05) is 7.05 Å². The first-order chi connectivity index (χ1) is 9.47. The molecule has 0 unspecified atom stereocenters. The highest BCUT2D eigenvalue weighted by Crippen LogP contribution is 2.24. The fourth-order valence-electron chi connectivity index (χ4n) is 2.28. The molecule has 0 saturated carbocycles. The number of halogens is 1. The zero-order valence-electron chi connectivity index (χ0n) is 11.2. The van der Waals surface area contributed by atoms with Gasteiger partial charge in [0.25, 0.3) is 5.91 Å². The van der Waals surface area contributed by atoms with Crippen molar-refractivity contribution in [2.75, 3.05) is 20.1 Å². The molecule has 2 N–H and O–H groups in total. The topological polar surface area (TPSA) is 76.4 Å². The van der Waals surface area contributed by atoms with Crippen molar-refractivity contribution >= 4 is 5.91 Å². The number of phenols is 1. The number of nitrogens with zero attached hydrogens (tertiary/aromatic N) is 2. The molecule has 2 rings (SSSR count). The number of nitriles is 1. The number of aromatic hydroxyl groups is 1. The molecule has 20 heavy (non-hydrogen) atoms. The second kappa shape index (κ2) is 5.47. The molecule has 5 nitrogen and oxygen atoms in total. The zero-order valence-corrected chi connectivity index (χ0v) is 11.2. The van der Waals surface area contributed by atoms with Crippen LogP contribution in [0, 0.1) is 17.1 Å². The molecule has 1 aromatic rings. The van der Waals surface area contributed by atoms with Crippen LogP contribution in [0.25, 0.3) is 0 Å². The first-order valence-corrected chi connectivity index (χ1v) is 6.37. The average Bonchev–Trinajstić information content (AvgIpc) is 2.41. The van der Waals surface area contributed by atoms with Crippen LogP contribution in [0.5, 0.6) is 5.75 Å². The summed E-state index contributed by atoms with van der Waals surface area (Å²) in [4.78, 5) is 14.2. The normalized spacial score (nSPS) is 18.2. The molecule has 6 heteroatoms. The zero-order chi connectivity index (χ0) is 14.8. The molecule has 1 fully saturated rings. The number of piperidine rings is 1. The number of hydrogen-bond donors (Lipinski definition) is 2. The Bertz CT molecular complexity index is 540. The molecule has 1 aliphatic heterocycles. The van der Waals surface area contributed by atoms with E-state index in [1.54, 1.807) is 0 Å². The third-order valence-corrected chi connectivity index (χ3v) is 3.63. The van der Waals surface area contributed by atoms with Crippen LogP contribution in [0.4, 0.5) is 4.39 Å². The van der Waals surface area contributed by atoms with Crippen LogP contribution in [0.3, 0.4) is 0 Å². The van der Waals surface area contributed by atoms with E-state index < -0.39 is 28.6 Å². The average molecular weight is 277 g/mol. The Balaban J connectivity index is 2.21. The van der Waals surface area contributed by atoms with Crippen LogP contribution >= 0.6 is 0 Å². The lowest BCUT2D eigenvalue weighted by Gasteiger charge is -2.36. The summed E-state index contributed by atoms with van der Waals surface area (Å²) >= 11 is 0. The summed E-state index contributed by atoms with van der Waals surface area (Å²) in [6, 6.07) is 5.77. The lowest BCUT2D eigenvalue weighted by molar-refractivity contribution is 0.0875. The van der Waals surface area contributed by atoms with Gasteiger partial charge in [-0.25, -0.2) is 4.39 Å². The number of hydrogen-bond acceptors (Lipinski definition) is 4. The van der Waals surface area contributed by atoms with Gasteiger partial charge in [0.15, 0.2) is 0 Å². The molecule has 1 amide bonds. The summed E-state index contributed by atoms with van der Waals surface area (Å²) in [5.74, 6) is -1.99. The lowest BCUT2D eigenvalue weighted by Crippen LogP contribution is -2.53. The van der Waals surface area contributed by atoms with Crippen LogP contribution in [0.2, 0.25) is 0 Å². The Kier molecular flexibility index (Phi) is 3.91. The van der Waals surface area contributed by atoms with Crippen molar-refractivity contribution in [1.29, 1.82) is 5.26 Å². The number of benzene rings is 1. The molecule has 0 radical (unpaired) electrons. The van der Waals surface area contributed by atoms with Crippen molar-refractivity contribution in [3.05, 3.63) is 29.6 Å². The number of amides is 1. The van der Waals surface area contributed by atoms with Crippen LogP contribution in [0.15, 0.2) is 18.2 Å². The van der Waals surface area contributed by atoms with Gasteiger partial charge < -0.3 is 15.3 Å². The van der Waals surface area contributed by atoms with E-state index in [-0.39, 0.29) is 0 Å². The minimum Gasteiger partial charge on any atom is -0.507 e. The molecule has 1 saturated heterocycles. The van der Waals surface area contributed by atoms with Gasteiger partial charge in [-0.15, -0.1) is 0 Å². The van der Waals surface area contributed by atoms with Gasteiger partial charge in [-0.1, -0.05) is 6.07 Å². The second-order valence-corrected chi connectivity index (χ2v) is 5.09. The van der Waals surface area contributed by atoms with Crippen LogP contribution in [-0.2, 0) is 0 Å². The third-order valence-electron chi connectivity index (χ3n) is 3.63. The van der Waals surface area contributed by atoms with E-state index in [2.05, 4.69) is 16.3 Å². The van der Waals surface area contributed by atoms with Crippen LogP contribution in [-0.4, -0.2) is 41.6 Å². The Hall–Kier alpha value is -2.13. The quantitative estimate of drug-likeness (QED) is 0.853. The van der Waals surface area contributed by atoms with Crippen molar-refractivity contribution in [3.63, 3.8) is 0 Å². The van der Waals surface area contributed by atoms with Crippen LogP contribution in [0.1, 0.15) is 23.2 Å². The lowest BCUT2D eigenvalue weighted by atomic mass is 9.88. The fraction of sp³-hybridized carbons (Fsp3) is 0.429. The Morgan fingerprint density at radius 2 is 2.15 bits per heavy atom. The predicted octanol–water partition coefficient (Wildman–Crippen LogP) is 1.25. The molecule has 0 aromatic heterocycles. The Morgan fingerprint density at radius 3 is 2.70 bits per heavy atom. The minimum atomic E-state index is -1.00. The fourth-order valence-corrected chi connectivity index (χ4v) is 2.28. The predicted molar refractivity (Wildman–Crippen MR) is 70.6 cm³/mol. The Morgan fingerprint density at radius 1 is 1.50 bits per heavy atom. The van der Waals surface area contributed by atoms with E-state index >= 15 is 0 Å². The number of likely N-dealkylation sites (tertiary alicyclic amines) is 1. The van der Waals surface area contributed by atoms with E-state index in [1.165, 1.54) is 12.1 Å². The largest absolute Gasteiger partial charge is 0.507 e. The van der Waals surface area contributed by atoms with Gasteiger partial charge >= 0.3 is 0 Å². The van der Waals surface area contributed by atoms with Crippen LogP contribution < -0.4 is 5.32 Å². The van der Waals surface area contributed by atoms with Crippen molar-refractivity contribution in [2.45, 2.75) is 18.4 Å². The maximum absolute atomic E-state index is 13.6. The first-order valence-electron chi connectivity index (χ1n) is 6.37. The molecule has 1 aliphatic rings. The number of phenolic OH excluding ortho intramolecular Hbond substituents is 1. The molecule has 1 aromatic carbocycles. The second-order valence-electron chi connectivity index (χ2n) is 5.09. The minimum absolute atomic E-state index is 0.416. The van der Waals surface area contributed by atoms with E-state index in [4.69, 9.17) is 0 Å². The highest BCUT2D eigenvalue weighted by atomic mass is 19.1. The molecular weight excluding hydrogens is 261 g/mol. The standard InChI is InChI=1S/C14H16FN3O2/c1-18-7-5-14(9-16,6-8-18)17-13(20)12-10(15)3-2-4-11(12)19/h2-4,19H,5-8H2,1H3,(H,17,20). The third kappa shape index (κ3) is 2.73. The summed E-state index contributed by atoms with van der Waals surface area (Å²) in [5, 5.41) is 21.5. The molecule has 0 spiro atoms. The number of nitrogens with one attached hydrogen (secondary N) is 1. The maximum atomic E-state index is 13.6. The van der Waals surface area contributed by atoms with E-state index in [0.29, 0.717) is 25.9 Å². The van der Waals surface area contributed by atoms with Gasteiger partial charge in [-0.2, -0.15) is 5.26 Å². The highest BCUT2D eigenvalue weighted by Gasteiger charge is 2.36. The highest BCUT2D eigenvalue weighted by molar-refractivity contribution is 5.97. The van der Waals surface area contributed by atoms with Gasteiger partial charge in [0.2, 0.25) is 0 Å². The summed E-state index contributed by atoms with van der Waals surface area (Å²) in [5.41, 5.74) is -1.42. The summed E-state index contributed by atoms with van der Waals surface area (Å²) < 4.78 is 13.6. The molecule has 106 valence electrons. The van der Waals surface area contributed by atoms with Crippen molar-refractivity contribution < 1.29 is 14.3 Å². The maximum Gasteiger partial charge on any atom is 0.259 e. The van der Waals surface area contributed by atoms with Gasteiger partial charge in [0.05, 0.1) is 6.07 Å². The smallest absolute Gasteiger partial charge is 0.259 e. The monoisotopic (exact) mass is 277 g/mol. The van der Waals surface area contributed by atoms with Gasteiger partial charge in [-0.05, 0) is 32.0 Å². The Labute approximate surface area is 116 Å². The van der Waals surface area contributed by atoms with Gasteiger partial charge in [0.1, 0.15) is 22.7 Å². The van der Waals surface area contributed by atoms with E-state index in [0.717, 1.165) is 6.07 Å². The molecule has 0 bridgehead atoms.